The minimum atomic E-state index is -1.33. The molecular formula is C16H16BrFN2O. The highest BCUT2D eigenvalue weighted by atomic mass is 79.9. The molecule has 0 bridgehead atoms. The Labute approximate surface area is 131 Å². The van der Waals surface area contributed by atoms with E-state index in [0.29, 0.717) is 10.2 Å². The second kappa shape index (κ2) is 5.85. The molecule has 0 aliphatic heterocycles. The molecule has 0 aromatic heterocycles. The Hall–Kier alpha value is -1.88. The minimum absolute atomic E-state index is 0.207. The molecule has 0 aliphatic carbocycles. The molecule has 0 aliphatic rings. The number of carbonyl (C=O) groups is 1. The van der Waals surface area contributed by atoms with E-state index < -0.39 is 17.3 Å². The van der Waals surface area contributed by atoms with Crippen molar-refractivity contribution in [3.05, 3.63) is 63.9 Å². The highest BCUT2D eigenvalue weighted by molar-refractivity contribution is 9.10. The van der Waals surface area contributed by atoms with E-state index >= 15 is 0 Å². The molecule has 1 unspecified atom stereocenters. The molecule has 0 spiro atoms. The van der Waals surface area contributed by atoms with Crippen LogP contribution in [0.5, 0.6) is 0 Å². The fraction of sp³-hybridized carbons (Fsp3) is 0.188. The van der Waals surface area contributed by atoms with Gasteiger partial charge in [-0.25, -0.2) is 4.39 Å². The highest BCUT2D eigenvalue weighted by Crippen LogP contribution is 2.29. The summed E-state index contributed by atoms with van der Waals surface area (Å²) in [4.78, 5) is 11.9. The Kier molecular flexibility index (Phi) is 4.32. The average Bonchev–Trinajstić information content (AvgIpc) is 2.41. The van der Waals surface area contributed by atoms with E-state index in [4.69, 9.17) is 5.73 Å². The van der Waals surface area contributed by atoms with Gasteiger partial charge in [-0.3, -0.25) is 4.79 Å². The molecule has 5 heteroatoms. The summed E-state index contributed by atoms with van der Waals surface area (Å²) in [6.07, 6.45) is 0. The van der Waals surface area contributed by atoms with Gasteiger partial charge in [0.15, 0.2) is 0 Å². The standard InChI is InChI=1S/C16H16BrFN2O/c1-10-3-6-12(7-4-10)20-16(2,15(19)21)13-8-5-11(17)9-14(13)18/h3-9,20H,1-2H3,(H2,19,21). The van der Waals surface area contributed by atoms with Gasteiger partial charge in [0.2, 0.25) is 5.91 Å². The maximum Gasteiger partial charge on any atom is 0.247 e. The van der Waals surface area contributed by atoms with E-state index in [0.717, 1.165) is 5.56 Å². The van der Waals surface area contributed by atoms with Crippen LogP contribution < -0.4 is 11.1 Å². The lowest BCUT2D eigenvalue weighted by Gasteiger charge is -2.29. The molecule has 1 atom stereocenters. The van der Waals surface area contributed by atoms with Gasteiger partial charge >= 0.3 is 0 Å². The van der Waals surface area contributed by atoms with Crippen molar-refractivity contribution in [3.8, 4) is 0 Å². The predicted octanol–water partition coefficient (Wildman–Crippen LogP) is 3.71. The molecule has 3 nitrogen and oxygen atoms in total. The van der Waals surface area contributed by atoms with E-state index in [2.05, 4.69) is 21.2 Å². The first-order chi connectivity index (χ1) is 9.83. The molecule has 0 heterocycles. The van der Waals surface area contributed by atoms with E-state index in [9.17, 15) is 9.18 Å². The third-order valence-corrected chi connectivity index (χ3v) is 3.90. The number of amides is 1. The topological polar surface area (TPSA) is 55.1 Å². The third-order valence-electron chi connectivity index (χ3n) is 3.41. The van der Waals surface area contributed by atoms with Crippen LogP contribution in [-0.2, 0) is 10.3 Å². The van der Waals surface area contributed by atoms with Crippen molar-refractivity contribution in [2.75, 3.05) is 5.32 Å². The largest absolute Gasteiger partial charge is 0.368 e. The van der Waals surface area contributed by atoms with Gasteiger partial charge in [0.25, 0.3) is 0 Å². The predicted molar refractivity (Wildman–Crippen MR) is 85.4 cm³/mol. The first-order valence-corrected chi connectivity index (χ1v) is 7.22. The molecule has 0 saturated heterocycles. The van der Waals surface area contributed by atoms with Gasteiger partial charge in [-0.2, -0.15) is 0 Å². The number of hydrogen-bond acceptors (Lipinski definition) is 2. The Morgan fingerprint density at radius 2 is 1.86 bits per heavy atom. The molecule has 110 valence electrons. The number of primary amides is 1. The zero-order chi connectivity index (χ0) is 15.6. The second-order valence-corrected chi connectivity index (χ2v) is 6.02. The summed E-state index contributed by atoms with van der Waals surface area (Å²) in [6, 6.07) is 12.0. The summed E-state index contributed by atoms with van der Waals surface area (Å²) in [5, 5.41) is 3.03. The number of rotatable bonds is 4. The van der Waals surface area contributed by atoms with E-state index in [1.165, 1.54) is 6.07 Å². The molecule has 0 fully saturated rings. The SMILES string of the molecule is Cc1ccc(NC(C)(C(N)=O)c2ccc(Br)cc2F)cc1. The normalized spacial score (nSPS) is 13.5. The Morgan fingerprint density at radius 3 is 2.38 bits per heavy atom. The van der Waals surface area contributed by atoms with Crippen molar-refractivity contribution in [2.24, 2.45) is 5.73 Å². The fourth-order valence-corrected chi connectivity index (χ4v) is 2.42. The van der Waals surface area contributed by atoms with Gasteiger partial charge in [0, 0.05) is 15.7 Å². The van der Waals surface area contributed by atoms with Gasteiger partial charge in [-0.05, 0) is 38.1 Å². The van der Waals surface area contributed by atoms with Crippen LogP contribution in [-0.4, -0.2) is 5.91 Å². The lowest BCUT2D eigenvalue weighted by Crippen LogP contribution is -2.45. The molecular weight excluding hydrogens is 335 g/mol. The van der Waals surface area contributed by atoms with Crippen molar-refractivity contribution < 1.29 is 9.18 Å². The number of nitrogens with one attached hydrogen (secondary N) is 1. The Balaban J connectivity index is 2.45. The zero-order valence-electron chi connectivity index (χ0n) is 11.8. The van der Waals surface area contributed by atoms with Crippen LogP contribution in [0.2, 0.25) is 0 Å². The van der Waals surface area contributed by atoms with Crippen molar-refractivity contribution in [1.29, 1.82) is 0 Å². The number of benzene rings is 2. The number of hydrogen-bond donors (Lipinski definition) is 2. The smallest absolute Gasteiger partial charge is 0.247 e. The quantitative estimate of drug-likeness (QED) is 0.882. The zero-order valence-corrected chi connectivity index (χ0v) is 13.4. The monoisotopic (exact) mass is 350 g/mol. The maximum absolute atomic E-state index is 14.2. The number of nitrogens with two attached hydrogens (primary N) is 1. The van der Waals surface area contributed by atoms with E-state index in [1.807, 2.05) is 31.2 Å². The van der Waals surface area contributed by atoms with Crippen molar-refractivity contribution in [1.82, 2.24) is 0 Å². The lowest BCUT2D eigenvalue weighted by atomic mass is 9.90. The minimum Gasteiger partial charge on any atom is -0.368 e. The van der Waals surface area contributed by atoms with E-state index in [1.54, 1.807) is 19.1 Å². The molecule has 21 heavy (non-hydrogen) atoms. The van der Waals surface area contributed by atoms with Crippen LogP contribution in [0.25, 0.3) is 0 Å². The summed E-state index contributed by atoms with van der Waals surface area (Å²) < 4.78 is 14.8. The number of anilines is 1. The Bertz CT molecular complexity index is 672. The molecule has 2 rings (SSSR count). The molecule has 0 radical (unpaired) electrons. The van der Waals surface area contributed by atoms with Gasteiger partial charge in [-0.1, -0.05) is 39.7 Å². The van der Waals surface area contributed by atoms with Crippen LogP contribution >= 0.6 is 15.9 Å². The summed E-state index contributed by atoms with van der Waals surface area (Å²) in [7, 11) is 0. The first kappa shape index (κ1) is 15.5. The van der Waals surface area contributed by atoms with Crippen molar-refractivity contribution in [3.63, 3.8) is 0 Å². The van der Waals surface area contributed by atoms with E-state index in [-0.39, 0.29) is 5.56 Å². The molecule has 2 aromatic rings. The van der Waals surface area contributed by atoms with Gasteiger partial charge in [-0.15, -0.1) is 0 Å². The van der Waals surface area contributed by atoms with Crippen LogP contribution in [0.3, 0.4) is 0 Å². The van der Waals surface area contributed by atoms with Gasteiger partial charge in [0.1, 0.15) is 11.4 Å². The van der Waals surface area contributed by atoms with Crippen LogP contribution in [0.15, 0.2) is 46.9 Å². The molecule has 0 saturated carbocycles. The summed E-state index contributed by atoms with van der Waals surface area (Å²) in [6.45, 7) is 3.53. The maximum atomic E-state index is 14.2. The van der Waals surface area contributed by atoms with Crippen LogP contribution in [0, 0.1) is 12.7 Å². The summed E-state index contributed by atoms with van der Waals surface area (Å²) in [5.41, 5.74) is 6.17. The van der Waals surface area contributed by atoms with Crippen molar-refractivity contribution in [2.45, 2.75) is 19.4 Å². The van der Waals surface area contributed by atoms with Crippen LogP contribution in [0.4, 0.5) is 10.1 Å². The average molecular weight is 351 g/mol. The van der Waals surface area contributed by atoms with Gasteiger partial charge in [0.05, 0.1) is 0 Å². The number of carbonyl (C=O) groups excluding carboxylic acids is 1. The molecule has 3 N–H and O–H groups in total. The lowest BCUT2D eigenvalue weighted by molar-refractivity contribution is -0.122. The molecule has 1 amide bonds. The number of aryl methyl sites for hydroxylation is 1. The highest BCUT2D eigenvalue weighted by Gasteiger charge is 2.35. The molecule has 2 aromatic carbocycles. The van der Waals surface area contributed by atoms with Crippen LogP contribution in [0.1, 0.15) is 18.1 Å². The third kappa shape index (κ3) is 3.24. The van der Waals surface area contributed by atoms with Crippen molar-refractivity contribution >= 4 is 27.5 Å². The second-order valence-electron chi connectivity index (χ2n) is 5.10. The fourth-order valence-electron chi connectivity index (χ4n) is 2.08. The Morgan fingerprint density at radius 1 is 1.24 bits per heavy atom. The summed E-state index contributed by atoms with van der Waals surface area (Å²) >= 11 is 3.20. The van der Waals surface area contributed by atoms with Gasteiger partial charge < -0.3 is 11.1 Å². The number of halogens is 2. The first-order valence-electron chi connectivity index (χ1n) is 6.43. The summed E-state index contributed by atoms with van der Waals surface area (Å²) in [5.74, 6) is -1.14.